The lowest BCUT2D eigenvalue weighted by atomic mass is 10.00. The molecule has 0 N–H and O–H groups in total. The van der Waals surface area contributed by atoms with Crippen molar-refractivity contribution in [3.8, 4) is 0 Å². The van der Waals surface area contributed by atoms with Crippen molar-refractivity contribution in [2.45, 2.75) is 50.9 Å². The van der Waals surface area contributed by atoms with Gasteiger partial charge in [0.05, 0.1) is 5.75 Å². The predicted molar refractivity (Wildman–Crippen MR) is 132 cm³/mol. The second-order valence-corrected chi connectivity index (χ2v) is 9.92. The number of halogens is 1. The average Bonchev–Trinajstić information content (AvgIpc) is 2.82. The van der Waals surface area contributed by atoms with E-state index in [-0.39, 0.29) is 23.6 Å². The van der Waals surface area contributed by atoms with E-state index >= 15 is 0 Å². The zero-order valence-electron chi connectivity index (χ0n) is 19.2. The summed E-state index contributed by atoms with van der Waals surface area (Å²) < 4.78 is 0. The minimum absolute atomic E-state index is 0.0799. The number of rotatable bonds is 6. The number of carbonyl (C=O) groups excluding carboxylic acids is 2. The molecule has 1 aromatic carbocycles. The van der Waals surface area contributed by atoms with E-state index in [1.54, 1.807) is 6.07 Å². The van der Waals surface area contributed by atoms with Crippen molar-refractivity contribution in [1.29, 1.82) is 0 Å². The van der Waals surface area contributed by atoms with Gasteiger partial charge in [-0.1, -0.05) is 54.6 Å². The number of aromatic nitrogens is 2. The highest BCUT2D eigenvalue weighted by Crippen LogP contribution is 2.25. The average molecular weight is 488 g/mol. The fourth-order valence-electron chi connectivity index (χ4n) is 4.43. The Bertz CT molecular complexity index is 1020. The summed E-state index contributed by atoms with van der Waals surface area (Å²) in [4.78, 5) is 40.1. The minimum atomic E-state index is 0.0799. The number of fused-ring (bicyclic) bond motifs is 1. The molecule has 1 saturated heterocycles. The SMILES string of the molecule is CCCC(=O)N1CCN(c2cc(Cl)nc(SCC(=O)N3CCc4ccccc4C3)n2)CC1C. The third-order valence-electron chi connectivity index (χ3n) is 6.20. The molecule has 0 bridgehead atoms. The molecule has 1 unspecified atom stereocenters. The molecule has 2 aliphatic rings. The van der Waals surface area contributed by atoms with Crippen LogP contribution in [0.3, 0.4) is 0 Å². The topological polar surface area (TPSA) is 69.6 Å². The van der Waals surface area contributed by atoms with Crippen LogP contribution in [0.1, 0.15) is 37.8 Å². The largest absolute Gasteiger partial charge is 0.353 e. The van der Waals surface area contributed by atoms with Crippen LogP contribution in [0.25, 0.3) is 0 Å². The number of hydrogen-bond donors (Lipinski definition) is 0. The number of benzene rings is 1. The van der Waals surface area contributed by atoms with Gasteiger partial charge in [-0.05, 0) is 30.9 Å². The quantitative estimate of drug-likeness (QED) is 0.352. The number of piperazine rings is 1. The Morgan fingerprint density at radius 1 is 1.12 bits per heavy atom. The van der Waals surface area contributed by atoms with E-state index in [1.165, 1.54) is 22.9 Å². The lowest BCUT2D eigenvalue weighted by molar-refractivity contribution is -0.133. The Labute approximate surface area is 204 Å². The monoisotopic (exact) mass is 487 g/mol. The summed E-state index contributed by atoms with van der Waals surface area (Å²) in [6, 6.07) is 10.1. The van der Waals surface area contributed by atoms with E-state index in [1.807, 2.05) is 28.9 Å². The van der Waals surface area contributed by atoms with Gasteiger partial charge in [-0.25, -0.2) is 9.97 Å². The Hall–Kier alpha value is -2.32. The van der Waals surface area contributed by atoms with Crippen LogP contribution in [-0.2, 0) is 22.6 Å². The summed E-state index contributed by atoms with van der Waals surface area (Å²) in [5.74, 6) is 1.31. The number of thioether (sulfide) groups is 1. The lowest BCUT2D eigenvalue weighted by Crippen LogP contribution is -2.54. The standard InChI is InChI=1S/C24H30ClN5O2S/c1-3-6-22(31)30-12-11-28(14-17(30)2)21-13-20(25)26-24(27-21)33-16-23(32)29-10-9-18-7-4-5-8-19(18)15-29/h4-5,7-8,13,17H,3,6,9-12,14-16H2,1-2H3. The van der Waals surface area contributed by atoms with Gasteiger partial charge < -0.3 is 14.7 Å². The van der Waals surface area contributed by atoms with Crippen molar-refractivity contribution >= 4 is 41.0 Å². The smallest absolute Gasteiger partial charge is 0.233 e. The molecule has 3 heterocycles. The van der Waals surface area contributed by atoms with E-state index in [2.05, 4.69) is 33.9 Å². The van der Waals surface area contributed by atoms with Gasteiger partial charge in [0.1, 0.15) is 11.0 Å². The molecule has 33 heavy (non-hydrogen) atoms. The van der Waals surface area contributed by atoms with Crippen molar-refractivity contribution in [3.63, 3.8) is 0 Å². The highest BCUT2D eigenvalue weighted by atomic mass is 35.5. The maximum Gasteiger partial charge on any atom is 0.233 e. The number of nitrogens with zero attached hydrogens (tertiary/aromatic N) is 5. The zero-order chi connectivity index (χ0) is 23.4. The van der Waals surface area contributed by atoms with Crippen LogP contribution >= 0.6 is 23.4 Å². The summed E-state index contributed by atoms with van der Waals surface area (Å²) >= 11 is 7.61. The van der Waals surface area contributed by atoms with Gasteiger partial charge in [0.2, 0.25) is 11.8 Å². The third kappa shape index (κ3) is 5.79. The van der Waals surface area contributed by atoms with Crippen LogP contribution in [0, 0.1) is 0 Å². The maximum absolute atomic E-state index is 12.8. The molecule has 7 nitrogen and oxygen atoms in total. The highest BCUT2D eigenvalue weighted by Gasteiger charge is 2.28. The summed E-state index contributed by atoms with van der Waals surface area (Å²) in [6.45, 7) is 7.53. The van der Waals surface area contributed by atoms with Gasteiger partial charge in [0.25, 0.3) is 0 Å². The Kier molecular flexibility index (Phi) is 7.75. The van der Waals surface area contributed by atoms with Crippen LogP contribution in [0.4, 0.5) is 5.82 Å². The van der Waals surface area contributed by atoms with Gasteiger partial charge >= 0.3 is 0 Å². The van der Waals surface area contributed by atoms with Gasteiger partial charge in [0.15, 0.2) is 5.16 Å². The molecule has 0 saturated carbocycles. The Morgan fingerprint density at radius 3 is 2.67 bits per heavy atom. The lowest BCUT2D eigenvalue weighted by Gasteiger charge is -2.40. The molecule has 176 valence electrons. The van der Waals surface area contributed by atoms with Crippen LogP contribution in [0.15, 0.2) is 35.5 Å². The zero-order valence-corrected chi connectivity index (χ0v) is 20.7. The highest BCUT2D eigenvalue weighted by molar-refractivity contribution is 7.99. The maximum atomic E-state index is 12.8. The first kappa shape index (κ1) is 23.8. The van der Waals surface area contributed by atoms with Gasteiger partial charge in [0, 0.05) is 51.3 Å². The fraction of sp³-hybridized carbons (Fsp3) is 0.500. The van der Waals surface area contributed by atoms with Crippen molar-refractivity contribution in [2.24, 2.45) is 0 Å². The molecule has 4 rings (SSSR count). The first-order valence-corrected chi connectivity index (χ1v) is 12.9. The molecular formula is C24H30ClN5O2S. The van der Waals surface area contributed by atoms with E-state index in [0.717, 1.165) is 25.2 Å². The molecule has 1 fully saturated rings. The molecule has 0 spiro atoms. The van der Waals surface area contributed by atoms with Crippen molar-refractivity contribution in [3.05, 3.63) is 46.6 Å². The molecular weight excluding hydrogens is 458 g/mol. The molecule has 0 aliphatic carbocycles. The summed E-state index contributed by atoms with van der Waals surface area (Å²) in [6.07, 6.45) is 2.33. The Morgan fingerprint density at radius 2 is 1.91 bits per heavy atom. The van der Waals surface area contributed by atoms with E-state index in [9.17, 15) is 9.59 Å². The van der Waals surface area contributed by atoms with Crippen LogP contribution in [-0.4, -0.2) is 69.6 Å². The van der Waals surface area contributed by atoms with Gasteiger partial charge in [-0.2, -0.15) is 0 Å². The van der Waals surface area contributed by atoms with Gasteiger partial charge in [-0.15, -0.1) is 0 Å². The molecule has 1 aromatic heterocycles. The molecule has 2 amide bonds. The molecule has 0 radical (unpaired) electrons. The summed E-state index contributed by atoms with van der Waals surface area (Å²) in [7, 11) is 0. The molecule has 9 heteroatoms. The summed E-state index contributed by atoms with van der Waals surface area (Å²) in [5.41, 5.74) is 2.54. The first-order chi connectivity index (χ1) is 15.9. The minimum Gasteiger partial charge on any atom is -0.353 e. The predicted octanol–water partition coefficient (Wildman–Crippen LogP) is 3.64. The second kappa shape index (κ2) is 10.7. The van der Waals surface area contributed by atoms with Crippen LogP contribution < -0.4 is 4.90 Å². The van der Waals surface area contributed by atoms with E-state index < -0.39 is 0 Å². The van der Waals surface area contributed by atoms with Crippen LogP contribution in [0.2, 0.25) is 5.15 Å². The normalized spacial score (nSPS) is 18.3. The van der Waals surface area contributed by atoms with Crippen LogP contribution in [0.5, 0.6) is 0 Å². The second-order valence-electron chi connectivity index (χ2n) is 8.59. The number of hydrogen-bond acceptors (Lipinski definition) is 6. The van der Waals surface area contributed by atoms with E-state index in [4.69, 9.17) is 11.6 Å². The summed E-state index contributed by atoms with van der Waals surface area (Å²) in [5, 5.41) is 0.861. The first-order valence-electron chi connectivity index (χ1n) is 11.5. The number of carbonyl (C=O) groups is 2. The van der Waals surface area contributed by atoms with Crippen molar-refractivity contribution < 1.29 is 9.59 Å². The van der Waals surface area contributed by atoms with E-state index in [0.29, 0.717) is 42.9 Å². The van der Waals surface area contributed by atoms with Crippen molar-refractivity contribution in [2.75, 3.05) is 36.8 Å². The molecule has 1 atom stereocenters. The Balaban J connectivity index is 1.36. The number of amides is 2. The molecule has 2 aliphatic heterocycles. The molecule has 2 aromatic rings. The third-order valence-corrected chi connectivity index (χ3v) is 7.23. The van der Waals surface area contributed by atoms with Crippen molar-refractivity contribution in [1.82, 2.24) is 19.8 Å². The number of anilines is 1. The van der Waals surface area contributed by atoms with Gasteiger partial charge in [-0.3, -0.25) is 9.59 Å². The fourth-order valence-corrected chi connectivity index (χ4v) is 5.42.